The van der Waals surface area contributed by atoms with Crippen LogP contribution in [0.5, 0.6) is 0 Å². The molecular formula is C26H25ClN4OS. The van der Waals surface area contributed by atoms with E-state index in [2.05, 4.69) is 17.2 Å². The molecule has 0 aliphatic carbocycles. The highest BCUT2D eigenvalue weighted by Gasteiger charge is 2.18. The molecule has 0 aliphatic heterocycles. The number of aliphatic imine (C=N–C) groups is 1. The van der Waals surface area contributed by atoms with Crippen LogP contribution in [0.15, 0.2) is 95.9 Å². The second kappa shape index (κ2) is 9.75. The zero-order valence-corrected chi connectivity index (χ0v) is 20.0. The highest BCUT2D eigenvalue weighted by Crippen LogP contribution is 2.31. The summed E-state index contributed by atoms with van der Waals surface area (Å²) < 4.78 is 1.93. The number of rotatable bonds is 7. The monoisotopic (exact) mass is 476 g/mol. The van der Waals surface area contributed by atoms with Crippen molar-refractivity contribution < 1.29 is 5.11 Å². The lowest BCUT2D eigenvalue weighted by molar-refractivity contribution is 0.118. The minimum Gasteiger partial charge on any atom is -0.400 e. The maximum Gasteiger partial charge on any atom is 0.0982 e. The highest BCUT2D eigenvalue weighted by molar-refractivity contribution is 7.17. The van der Waals surface area contributed by atoms with Crippen LogP contribution in [0, 0.1) is 0 Å². The van der Waals surface area contributed by atoms with E-state index in [0.29, 0.717) is 28.7 Å². The number of nitrogens with zero attached hydrogens (tertiary/aromatic N) is 3. The van der Waals surface area contributed by atoms with Gasteiger partial charge in [0.15, 0.2) is 0 Å². The quantitative estimate of drug-likeness (QED) is 0.319. The molecule has 4 aromatic rings. The Balaban J connectivity index is 1.66. The van der Waals surface area contributed by atoms with Crippen LogP contribution in [0.1, 0.15) is 24.3 Å². The number of aromatic nitrogens is 2. The predicted octanol–water partition coefficient (Wildman–Crippen LogP) is 6.05. The first-order valence-electron chi connectivity index (χ1n) is 10.5. The van der Waals surface area contributed by atoms with Crippen molar-refractivity contribution in [1.29, 1.82) is 0 Å². The third-order valence-corrected chi connectivity index (χ3v) is 6.53. The minimum atomic E-state index is -1.17. The number of hydrogen-bond acceptors (Lipinski definition) is 5. The SMILES string of the molecule is CC(C)(O)C(N)=CC(=Nc1ccccc1Cl)c1ccc(-c2cnn(Cc3ccccc3)c2)s1. The largest absolute Gasteiger partial charge is 0.400 e. The molecule has 33 heavy (non-hydrogen) atoms. The number of benzene rings is 2. The van der Waals surface area contributed by atoms with E-state index in [9.17, 15) is 5.11 Å². The Morgan fingerprint density at radius 2 is 1.85 bits per heavy atom. The molecule has 0 fully saturated rings. The molecule has 5 nitrogen and oxygen atoms in total. The van der Waals surface area contributed by atoms with Gasteiger partial charge in [0.2, 0.25) is 0 Å². The second-order valence-corrected chi connectivity index (χ2v) is 9.67. The van der Waals surface area contributed by atoms with Gasteiger partial charge in [-0.2, -0.15) is 5.10 Å². The fourth-order valence-electron chi connectivity index (χ4n) is 3.13. The maximum atomic E-state index is 10.3. The van der Waals surface area contributed by atoms with Gasteiger partial charge in [-0.3, -0.25) is 4.68 Å². The number of allylic oxidation sites excluding steroid dienone is 1. The number of nitrogens with two attached hydrogens (primary N) is 1. The van der Waals surface area contributed by atoms with Gasteiger partial charge in [-0.15, -0.1) is 11.3 Å². The molecular weight excluding hydrogens is 452 g/mol. The second-order valence-electron chi connectivity index (χ2n) is 8.18. The van der Waals surface area contributed by atoms with Crippen LogP contribution in [-0.4, -0.2) is 26.2 Å². The molecule has 0 saturated carbocycles. The summed E-state index contributed by atoms with van der Waals surface area (Å²) in [6.07, 6.45) is 5.61. The van der Waals surface area contributed by atoms with Gasteiger partial charge in [0, 0.05) is 22.3 Å². The van der Waals surface area contributed by atoms with E-state index in [1.807, 2.05) is 65.6 Å². The van der Waals surface area contributed by atoms with Crippen LogP contribution in [0.4, 0.5) is 5.69 Å². The summed E-state index contributed by atoms with van der Waals surface area (Å²) in [6, 6.07) is 21.6. The molecule has 2 heterocycles. The Morgan fingerprint density at radius 3 is 2.58 bits per heavy atom. The first-order chi connectivity index (χ1) is 15.8. The fourth-order valence-corrected chi connectivity index (χ4v) is 4.25. The highest BCUT2D eigenvalue weighted by atomic mass is 35.5. The average molecular weight is 477 g/mol. The Labute approximate surface area is 202 Å². The van der Waals surface area contributed by atoms with E-state index < -0.39 is 5.60 Å². The molecule has 0 bridgehead atoms. The van der Waals surface area contributed by atoms with Crippen molar-refractivity contribution in [2.75, 3.05) is 0 Å². The van der Waals surface area contributed by atoms with E-state index in [1.165, 1.54) is 5.56 Å². The molecule has 0 radical (unpaired) electrons. The van der Waals surface area contributed by atoms with Crippen LogP contribution in [0.2, 0.25) is 5.02 Å². The average Bonchev–Trinajstić information content (AvgIpc) is 3.44. The summed E-state index contributed by atoms with van der Waals surface area (Å²) in [5.41, 5.74) is 8.81. The summed E-state index contributed by atoms with van der Waals surface area (Å²) in [6.45, 7) is 4.00. The molecule has 0 spiro atoms. The van der Waals surface area contributed by atoms with Crippen LogP contribution in [-0.2, 0) is 6.54 Å². The van der Waals surface area contributed by atoms with Gasteiger partial charge in [-0.25, -0.2) is 4.99 Å². The van der Waals surface area contributed by atoms with E-state index in [-0.39, 0.29) is 0 Å². The normalized spacial score (nSPS) is 12.8. The van der Waals surface area contributed by atoms with Crippen molar-refractivity contribution in [3.8, 4) is 10.4 Å². The van der Waals surface area contributed by atoms with Crippen LogP contribution < -0.4 is 5.73 Å². The molecule has 2 aromatic carbocycles. The number of thiophene rings is 1. The molecule has 168 valence electrons. The van der Waals surface area contributed by atoms with Crippen LogP contribution in [0.3, 0.4) is 0 Å². The summed E-state index contributed by atoms with van der Waals surface area (Å²) >= 11 is 7.92. The molecule has 0 amide bonds. The van der Waals surface area contributed by atoms with Gasteiger partial charge in [0.05, 0.1) is 39.6 Å². The number of aliphatic hydroxyl groups is 1. The topological polar surface area (TPSA) is 76.4 Å². The van der Waals surface area contributed by atoms with Gasteiger partial charge in [-0.1, -0.05) is 54.1 Å². The Hall–Kier alpha value is -3.19. The van der Waals surface area contributed by atoms with Crippen molar-refractivity contribution in [1.82, 2.24) is 9.78 Å². The zero-order valence-electron chi connectivity index (χ0n) is 18.4. The Bertz CT molecular complexity index is 1300. The lowest BCUT2D eigenvalue weighted by atomic mass is 10.0. The van der Waals surface area contributed by atoms with Gasteiger partial charge in [0.1, 0.15) is 0 Å². The van der Waals surface area contributed by atoms with Crippen molar-refractivity contribution in [3.05, 3.63) is 106 Å². The molecule has 0 aliphatic rings. The van der Waals surface area contributed by atoms with E-state index in [4.69, 9.17) is 22.3 Å². The number of halogens is 1. The third kappa shape index (κ3) is 5.79. The predicted molar refractivity (Wildman–Crippen MR) is 137 cm³/mol. The first kappa shape index (κ1) is 23.0. The minimum absolute atomic E-state index is 0.318. The standard InChI is InChI=1S/C26H25ClN4OS/c1-26(2,32)25(28)14-22(30-21-11-7-6-10-20(21)27)24-13-12-23(33-24)19-15-29-31(17-19)16-18-8-4-3-5-9-18/h3-15,17,32H,16,28H2,1-2H3. The van der Waals surface area contributed by atoms with Gasteiger partial charge < -0.3 is 10.8 Å². The third-order valence-electron chi connectivity index (χ3n) is 5.06. The molecule has 0 unspecified atom stereocenters. The molecule has 0 atom stereocenters. The van der Waals surface area contributed by atoms with Crippen molar-refractivity contribution in [2.24, 2.45) is 10.7 Å². The summed E-state index contributed by atoms with van der Waals surface area (Å²) in [5, 5.41) is 15.4. The lowest BCUT2D eigenvalue weighted by Gasteiger charge is -2.18. The number of hydrogen-bond donors (Lipinski definition) is 2. The smallest absolute Gasteiger partial charge is 0.0982 e. The molecule has 4 rings (SSSR count). The van der Waals surface area contributed by atoms with Crippen LogP contribution >= 0.6 is 22.9 Å². The molecule has 0 saturated heterocycles. The van der Waals surface area contributed by atoms with Crippen molar-refractivity contribution in [3.63, 3.8) is 0 Å². The maximum absolute atomic E-state index is 10.3. The van der Waals surface area contributed by atoms with Gasteiger partial charge in [0.25, 0.3) is 0 Å². The molecule has 7 heteroatoms. The first-order valence-corrected chi connectivity index (χ1v) is 11.7. The van der Waals surface area contributed by atoms with Crippen molar-refractivity contribution >= 4 is 34.3 Å². The number of para-hydroxylation sites is 1. The van der Waals surface area contributed by atoms with E-state index >= 15 is 0 Å². The Kier molecular flexibility index (Phi) is 6.79. The van der Waals surface area contributed by atoms with Gasteiger partial charge >= 0.3 is 0 Å². The molecule has 2 aromatic heterocycles. The summed E-state index contributed by atoms with van der Waals surface area (Å²) in [5.74, 6) is 0. The molecule has 3 N–H and O–H groups in total. The van der Waals surface area contributed by atoms with E-state index in [1.54, 1.807) is 37.3 Å². The van der Waals surface area contributed by atoms with E-state index in [0.717, 1.165) is 15.3 Å². The fraction of sp³-hybridized carbons (Fsp3) is 0.154. The summed E-state index contributed by atoms with van der Waals surface area (Å²) in [7, 11) is 0. The van der Waals surface area contributed by atoms with Crippen molar-refractivity contribution in [2.45, 2.75) is 26.0 Å². The zero-order chi connectivity index (χ0) is 23.4. The summed E-state index contributed by atoms with van der Waals surface area (Å²) in [4.78, 5) is 6.73. The Morgan fingerprint density at radius 1 is 1.12 bits per heavy atom. The van der Waals surface area contributed by atoms with Gasteiger partial charge in [-0.05, 0) is 49.8 Å². The lowest BCUT2D eigenvalue weighted by Crippen LogP contribution is -2.28. The van der Waals surface area contributed by atoms with Crippen LogP contribution in [0.25, 0.3) is 10.4 Å².